The highest BCUT2D eigenvalue weighted by atomic mass is 16.4. The third kappa shape index (κ3) is 14.1. The van der Waals surface area contributed by atoms with Gasteiger partial charge in [0.1, 0.15) is 24.2 Å². The number of nitrogens with two attached hydrogens (primary N) is 5. The molecule has 4 amide bonds. The second kappa shape index (κ2) is 22.5. The molecule has 49 heavy (non-hydrogen) atoms. The molecule has 274 valence electrons. The minimum Gasteiger partial charge on any atom is -0.480 e. The van der Waals surface area contributed by atoms with Gasteiger partial charge in [0.15, 0.2) is 0 Å². The van der Waals surface area contributed by atoms with Crippen LogP contribution in [0.1, 0.15) is 69.8 Å². The van der Waals surface area contributed by atoms with Gasteiger partial charge in [-0.05, 0) is 102 Å². The van der Waals surface area contributed by atoms with E-state index in [1.54, 1.807) is 6.20 Å². The number of unbranched alkanes of at least 4 members (excludes halogenated alkanes) is 3. The zero-order chi connectivity index (χ0) is 36.2. The Bertz CT molecular complexity index is 1340. The molecule has 16 nitrogen and oxygen atoms in total. The number of carboxylic acid groups (broad SMARTS) is 1. The number of carbonyl (C=O) groups excluding carboxylic acids is 4. The monoisotopic (exact) mass is 688 g/mol. The van der Waals surface area contributed by atoms with Crippen LogP contribution < -0.4 is 49.9 Å². The second-order valence-electron chi connectivity index (χ2n) is 12.2. The predicted octanol–water partition coefficient (Wildman–Crippen LogP) is -1.20. The summed E-state index contributed by atoms with van der Waals surface area (Å²) in [7, 11) is 0. The fraction of sp³-hybridized carbons (Fsp3) is 0.606. The lowest BCUT2D eigenvalue weighted by Gasteiger charge is -2.26. The first-order valence-corrected chi connectivity index (χ1v) is 17.1. The van der Waals surface area contributed by atoms with Gasteiger partial charge in [-0.2, -0.15) is 0 Å². The van der Waals surface area contributed by atoms with E-state index in [2.05, 4.69) is 26.3 Å². The molecule has 0 saturated heterocycles. The number of carbonyl (C=O) groups is 5. The molecule has 0 aliphatic carbocycles. The molecule has 16 N–H and O–H groups in total. The number of nitrogens with one attached hydrogen (secondary N) is 5. The van der Waals surface area contributed by atoms with Crippen LogP contribution in [0.4, 0.5) is 0 Å². The second-order valence-corrected chi connectivity index (χ2v) is 12.2. The Kier molecular flexibility index (Phi) is 18.9. The van der Waals surface area contributed by atoms with E-state index in [-0.39, 0.29) is 38.6 Å². The molecule has 0 aliphatic heterocycles. The maximum Gasteiger partial charge on any atom is 0.326 e. The molecule has 0 aliphatic rings. The largest absolute Gasteiger partial charge is 0.480 e. The van der Waals surface area contributed by atoms with E-state index in [1.807, 2.05) is 24.3 Å². The number of benzene rings is 1. The number of fused-ring (bicyclic) bond motifs is 1. The lowest BCUT2D eigenvalue weighted by Crippen LogP contribution is -2.59. The quantitative estimate of drug-likeness (QED) is 0.0550. The topological polar surface area (TPSA) is 300 Å². The summed E-state index contributed by atoms with van der Waals surface area (Å²) >= 11 is 0. The molecule has 0 bridgehead atoms. The van der Waals surface area contributed by atoms with E-state index in [0.717, 1.165) is 16.5 Å². The average Bonchev–Trinajstić information content (AvgIpc) is 3.49. The van der Waals surface area contributed by atoms with Crippen molar-refractivity contribution in [3.63, 3.8) is 0 Å². The molecular formula is C33H56N10O6. The van der Waals surface area contributed by atoms with E-state index in [0.29, 0.717) is 58.2 Å². The fourth-order valence-electron chi connectivity index (χ4n) is 5.41. The van der Waals surface area contributed by atoms with Gasteiger partial charge in [-0.1, -0.05) is 18.2 Å². The van der Waals surface area contributed by atoms with Crippen molar-refractivity contribution in [2.75, 3.05) is 26.2 Å². The normalized spacial score (nSPS) is 14.3. The summed E-state index contributed by atoms with van der Waals surface area (Å²) in [6.07, 6.45) is 5.91. The Morgan fingerprint density at radius 2 is 1.08 bits per heavy atom. The van der Waals surface area contributed by atoms with Gasteiger partial charge in [-0.25, -0.2) is 4.79 Å². The number of para-hydroxylation sites is 1. The summed E-state index contributed by atoms with van der Waals surface area (Å²) in [5.74, 6) is -3.68. The van der Waals surface area contributed by atoms with Crippen molar-refractivity contribution >= 4 is 40.5 Å². The van der Waals surface area contributed by atoms with Gasteiger partial charge in [0.2, 0.25) is 23.6 Å². The van der Waals surface area contributed by atoms with Crippen LogP contribution in [-0.2, 0) is 30.4 Å². The van der Waals surface area contributed by atoms with Crippen LogP contribution in [0.3, 0.4) is 0 Å². The lowest BCUT2D eigenvalue weighted by atomic mass is 10.0. The molecular weight excluding hydrogens is 632 g/mol. The van der Waals surface area contributed by atoms with Gasteiger partial charge >= 0.3 is 5.97 Å². The van der Waals surface area contributed by atoms with E-state index in [4.69, 9.17) is 28.7 Å². The number of H-pyrrole nitrogens is 1. The molecule has 16 heteroatoms. The number of aliphatic carboxylic acids is 1. The summed E-state index contributed by atoms with van der Waals surface area (Å²) < 4.78 is 0. The molecule has 1 heterocycles. The number of rotatable bonds is 25. The van der Waals surface area contributed by atoms with Crippen molar-refractivity contribution in [3.05, 3.63) is 36.0 Å². The van der Waals surface area contributed by atoms with Crippen LogP contribution in [-0.4, -0.2) is 96.1 Å². The maximum absolute atomic E-state index is 14.0. The molecule has 5 atom stereocenters. The van der Waals surface area contributed by atoms with Crippen molar-refractivity contribution in [3.8, 4) is 0 Å². The number of amides is 4. The van der Waals surface area contributed by atoms with E-state index >= 15 is 0 Å². The molecule has 0 saturated carbocycles. The van der Waals surface area contributed by atoms with Crippen LogP contribution in [0.2, 0.25) is 0 Å². The summed E-state index contributed by atoms with van der Waals surface area (Å²) in [6.45, 7) is 1.33. The number of carboxylic acids is 1. The van der Waals surface area contributed by atoms with Crippen LogP contribution >= 0.6 is 0 Å². The minimum absolute atomic E-state index is 0.0473. The molecule has 1 aromatic carbocycles. The highest BCUT2D eigenvalue weighted by Gasteiger charge is 2.32. The smallest absolute Gasteiger partial charge is 0.326 e. The van der Waals surface area contributed by atoms with Crippen LogP contribution in [0.5, 0.6) is 0 Å². The lowest BCUT2D eigenvalue weighted by molar-refractivity contribution is -0.142. The highest BCUT2D eigenvalue weighted by molar-refractivity contribution is 5.96. The molecule has 0 unspecified atom stereocenters. The van der Waals surface area contributed by atoms with Crippen LogP contribution in [0.15, 0.2) is 30.5 Å². The molecule has 0 fully saturated rings. The Balaban J connectivity index is 2.38. The van der Waals surface area contributed by atoms with Crippen LogP contribution in [0.25, 0.3) is 10.9 Å². The summed E-state index contributed by atoms with van der Waals surface area (Å²) in [5.41, 5.74) is 29.9. The van der Waals surface area contributed by atoms with Gasteiger partial charge in [0, 0.05) is 23.5 Å². The minimum atomic E-state index is -1.20. The Morgan fingerprint density at radius 1 is 0.612 bits per heavy atom. The number of aromatic nitrogens is 1. The van der Waals surface area contributed by atoms with Crippen molar-refractivity contribution in [1.29, 1.82) is 0 Å². The summed E-state index contributed by atoms with van der Waals surface area (Å²) in [6, 6.07) is 2.09. The average molecular weight is 689 g/mol. The number of hydrogen-bond acceptors (Lipinski definition) is 10. The van der Waals surface area contributed by atoms with E-state index in [1.165, 1.54) is 0 Å². The van der Waals surface area contributed by atoms with Crippen molar-refractivity contribution < 1.29 is 29.1 Å². The van der Waals surface area contributed by atoms with Gasteiger partial charge in [-0.3, -0.25) is 19.2 Å². The summed E-state index contributed by atoms with van der Waals surface area (Å²) in [5, 5.41) is 21.4. The maximum atomic E-state index is 14.0. The third-order valence-electron chi connectivity index (χ3n) is 8.27. The summed E-state index contributed by atoms with van der Waals surface area (Å²) in [4.78, 5) is 69.1. The van der Waals surface area contributed by atoms with Gasteiger partial charge in [0.25, 0.3) is 0 Å². The van der Waals surface area contributed by atoms with Crippen molar-refractivity contribution in [2.45, 2.75) is 101 Å². The molecule has 2 rings (SSSR count). The first-order valence-electron chi connectivity index (χ1n) is 17.1. The standard InChI is InChI=1S/C33H56N10O6/c34-15-6-3-11-25(40-29(44)23(38)14-18-37)31(46)43-28(19-21-20-39-24-10-2-1-9-22(21)24)32(47)41-26(12-4-7-16-35)30(45)42-27(33(48)49)13-5-8-17-36/h1-2,9-10,20,23,25-28,39H,3-8,11-19,34-38H2,(H,40,44)(H,41,47)(H,42,45)(H,43,46)(H,48,49)/t23-,25-,26-,27-,28-/m0/s1. The Hall–Kier alpha value is -4.09. The Labute approximate surface area is 287 Å². The first kappa shape index (κ1) is 41.1. The van der Waals surface area contributed by atoms with Gasteiger partial charge < -0.3 is 60.0 Å². The van der Waals surface area contributed by atoms with E-state index < -0.39 is 59.8 Å². The fourth-order valence-corrected chi connectivity index (χ4v) is 5.41. The van der Waals surface area contributed by atoms with Gasteiger partial charge in [0.05, 0.1) is 6.04 Å². The molecule has 2 aromatic rings. The van der Waals surface area contributed by atoms with E-state index in [9.17, 15) is 29.1 Å². The number of aromatic amines is 1. The molecule has 0 radical (unpaired) electrons. The third-order valence-corrected chi connectivity index (χ3v) is 8.27. The highest BCUT2D eigenvalue weighted by Crippen LogP contribution is 2.20. The van der Waals surface area contributed by atoms with Crippen LogP contribution in [0, 0.1) is 0 Å². The molecule has 1 aromatic heterocycles. The van der Waals surface area contributed by atoms with Gasteiger partial charge in [-0.15, -0.1) is 0 Å². The SMILES string of the molecule is NCCCC[C@H](NC(=O)[C@H](CCCCN)NC(=O)[C@H](Cc1c[nH]c2ccccc12)NC(=O)[C@H](CCCCN)NC(=O)[C@@H](N)CCN)C(=O)O. The predicted molar refractivity (Wildman–Crippen MR) is 188 cm³/mol. The first-order chi connectivity index (χ1) is 23.6. The number of hydrogen-bond donors (Lipinski definition) is 11. The molecule has 0 spiro atoms. The van der Waals surface area contributed by atoms with Crippen molar-refractivity contribution in [2.24, 2.45) is 28.7 Å². The zero-order valence-electron chi connectivity index (χ0n) is 28.3. The zero-order valence-corrected chi connectivity index (χ0v) is 28.3. The van der Waals surface area contributed by atoms with Crippen molar-refractivity contribution in [1.82, 2.24) is 26.3 Å². The Morgan fingerprint density at radius 3 is 1.61 bits per heavy atom.